The van der Waals surface area contributed by atoms with E-state index in [0.717, 1.165) is 12.1 Å². The van der Waals surface area contributed by atoms with Crippen LogP contribution in [0, 0.1) is 11.8 Å². The second-order valence-electron chi connectivity index (χ2n) is 5.50. The molecule has 5 nitrogen and oxygen atoms in total. The number of hydrogen-bond acceptors (Lipinski definition) is 3. The van der Waals surface area contributed by atoms with Gasteiger partial charge in [-0.1, -0.05) is 6.92 Å². The molecule has 6 heteroatoms. The molecule has 0 aromatic heterocycles. The van der Waals surface area contributed by atoms with E-state index in [1.165, 1.54) is 0 Å². The van der Waals surface area contributed by atoms with Gasteiger partial charge in [0.1, 0.15) is 0 Å². The van der Waals surface area contributed by atoms with E-state index in [1.807, 2.05) is 6.92 Å². The van der Waals surface area contributed by atoms with E-state index in [-0.39, 0.29) is 36.2 Å². The Balaban J connectivity index is 0.00000220. The molecule has 1 aliphatic carbocycles. The van der Waals surface area contributed by atoms with E-state index < -0.39 is 0 Å². The van der Waals surface area contributed by atoms with Gasteiger partial charge in [-0.2, -0.15) is 0 Å². The standard InChI is InChI=1S/C15H21N3O2.ClH/c1-9-7-13(9)15(20)18-12-5-3-11(4-6-12)14(19)17-10(2)8-16;/h3-6,9-10,13H,7-8,16H2,1-2H3,(H,17,19)(H,18,20);1H/t9?,10-,13?;/m0./s1. The summed E-state index contributed by atoms with van der Waals surface area (Å²) in [7, 11) is 0. The van der Waals surface area contributed by atoms with Crippen molar-refractivity contribution in [1.29, 1.82) is 0 Å². The van der Waals surface area contributed by atoms with Crippen LogP contribution in [0.2, 0.25) is 0 Å². The topological polar surface area (TPSA) is 84.2 Å². The van der Waals surface area contributed by atoms with Gasteiger partial charge in [0, 0.05) is 29.8 Å². The molecule has 0 heterocycles. The summed E-state index contributed by atoms with van der Waals surface area (Å²) >= 11 is 0. The molecule has 2 unspecified atom stereocenters. The number of nitrogens with one attached hydrogen (secondary N) is 2. The third-order valence-corrected chi connectivity index (χ3v) is 3.59. The Hall–Kier alpha value is -1.59. The minimum Gasteiger partial charge on any atom is -0.348 e. The van der Waals surface area contributed by atoms with Crippen molar-refractivity contribution >= 4 is 29.9 Å². The molecule has 0 spiro atoms. The Labute approximate surface area is 131 Å². The molecule has 116 valence electrons. The molecule has 1 saturated carbocycles. The lowest BCUT2D eigenvalue weighted by molar-refractivity contribution is -0.117. The van der Waals surface area contributed by atoms with Gasteiger partial charge in [-0.05, 0) is 43.5 Å². The maximum absolute atomic E-state index is 11.9. The summed E-state index contributed by atoms with van der Waals surface area (Å²) in [5.41, 5.74) is 6.74. The van der Waals surface area contributed by atoms with Crippen molar-refractivity contribution in [2.24, 2.45) is 17.6 Å². The normalized spacial score (nSPS) is 20.9. The first-order chi connectivity index (χ1) is 9.51. The number of anilines is 1. The van der Waals surface area contributed by atoms with Gasteiger partial charge in [0.25, 0.3) is 5.91 Å². The Kier molecular flexibility index (Phi) is 6.18. The number of carbonyl (C=O) groups excluding carboxylic acids is 2. The van der Waals surface area contributed by atoms with Crippen molar-refractivity contribution in [3.05, 3.63) is 29.8 Å². The molecule has 0 radical (unpaired) electrons. The predicted molar refractivity (Wildman–Crippen MR) is 85.6 cm³/mol. The van der Waals surface area contributed by atoms with E-state index in [0.29, 0.717) is 18.0 Å². The first kappa shape index (κ1) is 17.5. The summed E-state index contributed by atoms with van der Waals surface area (Å²) in [6.07, 6.45) is 0.962. The van der Waals surface area contributed by atoms with Crippen LogP contribution in [0.15, 0.2) is 24.3 Å². The summed E-state index contributed by atoms with van der Waals surface area (Å²) in [5.74, 6) is 0.532. The highest BCUT2D eigenvalue weighted by Gasteiger charge is 2.38. The van der Waals surface area contributed by atoms with Crippen LogP contribution in [0.25, 0.3) is 0 Å². The van der Waals surface area contributed by atoms with Crippen molar-refractivity contribution in [2.75, 3.05) is 11.9 Å². The van der Waals surface area contributed by atoms with Crippen molar-refractivity contribution < 1.29 is 9.59 Å². The molecular formula is C15H22ClN3O2. The largest absolute Gasteiger partial charge is 0.348 e. The summed E-state index contributed by atoms with van der Waals surface area (Å²) in [6.45, 7) is 4.32. The second-order valence-corrected chi connectivity index (χ2v) is 5.50. The number of halogens is 1. The van der Waals surface area contributed by atoms with Gasteiger partial charge < -0.3 is 16.4 Å². The molecule has 1 aromatic carbocycles. The zero-order valence-corrected chi connectivity index (χ0v) is 13.1. The fraction of sp³-hybridized carbons (Fsp3) is 0.467. The smallest absolute Gasteiger partial charge is 0.251 e. The van der Waals surface area contributed by atoms with E-state index in [9.17, 15) is 9.59 Å². The Morgan fingerprint density at radius 2 is 1.90 bits per heavy atom. The second kappa shape index (κ2) is 7.43. The van der Waals surface area contributed by atoms with Crippen molar-refractivity contribution in [3.63, 3.8) is 0 Å². The fourth-order valence-corrected chi connectivity index (χ4v) is 1.99. The highest BCUT2D eigenvalue weighted by atomic mass is 35.5. The van der Waals surface area contributed by atoms with Gasteiger partial charge in [0.2, 0.25) is 5.91 Å². The highest BCUT2D eigenvalue weighted by molar-refractivity contribution is 5.97. The van der Waals surface area contributed by atoms with Crippen LogP contribution in [0.3, 0.4) is 0 Å². The molecule has 1 aromatic rings. The van der Waals surface area contributed by atoms with Gasteiger partial charge in [-0.15, -0.1) is 12.4 Å². The highest BCUT2D eigenvalue weighted by Crippen LogP contribution is 2.38. The van der Waals surface area contributed by atoms with Crippen LogP contribution < -0.4 is 16.4 Å². The molecule has 0 aliphatic heterocycles. The zero-order valence-electron chi connectivity index (χ0n) is 12.3. The number of carbonyl (C=O) groups is 2. The van der Waals surface area contributed by atoms with Crippen LogP contribution in [0.4, 0.5) is 5.69 Å². The number of rotatable bonds is 5. The molecule has 3 atom stereocenters. The van der Waals surface area contributed by atoms with E-state index in [1.54, 1.807) is 24.3 Å². The number of amides is 2. The summed E-state index contributed by atoms with van der Waals surface area (Å²) in [5, 5.41) is 5.65. The number of benzene rings is 1. The molecule has 0 saturated heterocycles. The van der Waals surface area contributed by atoms with Crippen molar-refractivity contribution in [1.82, 2.24) is 5.32 Å². The maximum Gasteiger partial charge on any atom is 0.251 e. The third-order valence-electron chi connectivity index (χ3n) is 3.59. The lowest BCUT2D eigenvalue weighted by Gasteiger charge is -2.11. The van der Waals surface area contributed by atoms with Crippen LogP contribution in [-0.4, -0.2) is 24.4 Å². The van der Waals surface area contributed by atoms with Gasteiger partial charge in [-0.3, -0.25) is 9.59 Å². The molecule has 1 aliphatic rings. The molecule has 4 N–H and O–H groups in total. The zero-order chi connectivity index (χ0) is 14.7. The molecule has 21 heavy (non-hydrogen) atoms. The molecule has 1 fully saturated rings. The fourth-order valence-electron chi connectivity index (χ4n) is 1.99. The average Bonchev–Trinajstić information content (AvgIpc) is 3.16. The Bertz CT molecular complexity index is 504. The lowest BCUT2D eigenvalue weighted by atomic mass is 10.1. The van der Waals surface area contributed by atoms with Gasteiger partial charge in [-0.25, -0.2) is 0 Å². The molecule has 2 amide bonds. The minimum absolute atomic E-state index is 0. The quantitative estimate of drug-likeness (QED) is 0.775. The summed E-state index contributed by atoms with van der Waals surface area (Å²) in [6, 6.07) is 6.83. The van der Waals surface area contributed by atoms with E-state index in [2.05, 4.69) is 17.6 Å². The monoisotopic (exact) mass is 311 g/mol. The maximum atomic E-state index is 11.9. The van der Waals surface area contributed by atoms with Crippen LogP contribution >= 0.6 is 12.4 Å². The SMILES string of the molecule is CC1CC1C(=O)Nc1ccc(C(=O)N[C@@H](C)CN)cc1.Cl. The average molecular weight is 312 g/mol. The number of hydrogen-bond donors (Lipinski definition) is 3. The Morgan fingerprint density at radius 3 is 2.38 bits per heavy atom. The first-order valence-electron chi connectivity index (χ1n) is 6.93. The molecule has 0 bridgehead atoms. The van der Waals surface area contributed by atoms with Crippen LogP contribution in [-0.2, 0) is 4.79 Å². The predicted octanol–water partition coefficient (Wildman–Crippen LogP) is 1.78. The summed E-state index contributed by atoms with van der Waals surface area (Å²) in [4.78, 5) is 23.6. The van der Waals surface area contributed by atoms with Gasteiger partial charge >= 0.3 is 0 Å². The van der Waals surface area contributed by atoms with Gasteiger partial charge in [0.15, 0.2) is 0 Å². The molecular weight excluding hydrogens is 290 g/mol. The summed E-state index contributed by atoms with van der Waals surface area (Å²) < 4.78 is 0. The first-order valence-corrected chi connectivity index (χ1v) is 6.93. The number of nitrogens with two attached hydrogens (primary N) is 1. The lowest BCUT2D eigenvalue weighted by Crippen LogP contribution is -2.37. The van der Waals surface area contributed by atoms with E-state index in [4.69, 9.17) is 5.73 Å². The van der Waals surface area contributed by atoms with Crippen molar-refractivity contribution in [2.45, 2.75) is 26.3 Å². The van der Waals surface area contributed by atoms with E-state index >= 15 is 0 Å². The van der Waals surface area contributed by atoms with Crippen LogP contribution in [0.5, 0.6) is 0 Å². The van der Waals surface area contributed by atoms with Gasteiger partial charge in [0.05, 0.1) is 0 Å². The van der Waals surface area contributed by atoms with Crippen molar-refractivity contribution in [3.8, 4) is 0 Å². The Morgan fingerprint density at radius 1 is 1.33 bits per heavy atom. The third kappa shape index (κ3) is 4.72. The molecule has 2 rings (SSSR count). The minimum atomic E-state index is -0.156. The van der Waals surface area contributed by atoms with Crippen LogP contribution in [0.1, 0.15) is 30.6 Å².